The van der Waals surface area contributed by atoms with Crippen LogP contribution in [-0.2, 0) is 27.2 Å². The Bertz CT molecular complexity index is 814. The summed E-state index contributed by atoms with van der Waals surface area (Å²) in [6.45, 7) is 0. The zero-order valence-electron chi connectivity index (χ0n) is 14.3. The normalized spacial score (nSPS) is 20.0. The van der Waals surface area contributed by atoms with E-state index in [-0.39, 0.29) is 5.57 Å². The Labute approximate surface area is 152 Å². The lowest BCUT2D eigenvalue weighted by atomic mass is 9.98. The predicted octanol–water partition coefficient (Wildman–Crippen LogP) is 2.50. The number of aliphatic hydroxyl groups excluding tert-OH is 1. The Hall–Kier alpha value is -2.92. The second-order valence-electron chi connectivity index (χ2n) is 6.34. The van der Waals surface area contributed by atoms with Crippen LogP contribution in [0.15, 0.2) is 72.0 Å². The standard InChI is InChI=1S/C21H21NO4/c22-16(13-15-9-5-2-6-10-15)19(23)18-20(24)17(26-21(18)25)12-11-14-7-3-1-4-8-14/h1-10,16-17,23H,11-13,22H2. The van der Waals surface area contributed by atoms with Crippen molar-refractivity contribution in [1.82, 2.24) is 0 Å². The van der Waals surface area contributed by atoms with E-state index in [2.05, 4.69) is 0 Å². The molecule has 0 aromatic heterocycles. The third-order valence-electron chi connectivity index (χ3n) is 4.44. The molecule has 26 heavy (non-hydrogen) atoms. The van der Waals surface area contributed by atoms with Crippen molar-refractivity contribution in [3.63, 3.8) is 0 Å². The van der Waals surface area contributed by atoms with Gasteiger partial charge in [-0.25, -0.2) is 4.79 Å². The topological polar surface area (TPSA) is 89.6 Å². The lowest BCUT2D eigenvalue weighted by Crippen LogP contribution is -2.29. The zero-order chi connectivity index (χ0) is 18.5. The fourth-order valence-corrected chi connectivity index (χ4v) is 3.02. The van der Waals surface area contributed by atoms with E-state index in [0.29, 0.717) is 19.3 Å². The van der Waals surface area contributed by atoms with Crippen molar-refractivity contribution >= 4 is 11.8 Å². The summed E-state index contributed by atoms with van der Waals surface area (Å²) in [6, 6.07) is 18.1. The number of hydrogen-bond donors (Lipinski definition) is 2. The SMILES string of the molecule is NC(Cc1ccccc1)C(O)=C1C(=O)OC(CCc2ccccc2)C1=O. The molecule has 134 valence electrons. The van der Waals surface area contributed by atoms with Crippen LogP contribution in [0, 0.1) is 0 Å². The number of ether oxygens (including phenoxy) is 1. The van der Waals surface area contributed by atoms with Gasteiger partial charge < -0.3 is 15.6 Å². The summed E-state index contributed by atoms with van der Waals surface area (Å²) < 4.78 is 5.17. The number of nitrogens with two attached hydrogens (primary N) is 1. The minimum atomic E-state index is -0.871. The van der Waals surface area contributed by atoms with E-state index in [1.807, 2.05) is 60.7 Å². The van der Waals surface area contributed by atoms with Crippen LogP contribution in [0.1, 0.15) is 17.5 Å². The van der Waals surface area contributed by atoms with E-state index in [9.17, 15) is 14.7 Å². The average molecular weight is 351 g/mol. The van der Waals surface area contributed by atoms with E-state index in [4.69, 9.17) is 10.5 Å². The van der Waals surface area contributed by atoms with Crippen LogP contribution < -0.4 is 5.73 Å². The van der Waals surface area contributed by atoms with Crippen LogP contribution in [-0.4, -0.2) is 29.0 Å². The summed E-state index contributed by atoms with van der Waals surface area (Å²) in [5.41, 5.74) is 7.65. The van der Waals surface area contributed by atoms with Crippen LogP contribution in [0.5, 0.6) is 0 Å². The summed E-state index contributed by atoms with van der Waals surface area (Å²) in [5, 5.41) is 10.4. The van der Waals surface area contributed by atoms with Crippen molar-refractivity contribution in [1.29, 1.82) is 0 Å². The largest absolute Gasteiger partial charge is 0.510 e. The summed E-state index contributed by atoms with van der Waals surface area (Å²) in [5.74, 6) is -1.69. The molecule has 1 aliphatic rings. The number of ketones is 1. The van der Waals surface area contributed by atoms with Gasteiger partial charge in [-0.2, -0.15) is 0 Å². The first kappa shape index (κ1) is 17.9. The van der Waals surface area contributed by atoms with Crippen LogP contribution in [0.3, 0.4) is 0 Å². The zero-order valence-corrected chi connectivity index (χ0v) is 14.3. The van der Waals surface area contributed by atoms with Crippen molar-refractivity contribution in [2.75, 3.05) is 0 Å². The molecule has 1 aliphatic heterocycles. The van der Waals surface area contributed by atoms with Gasteiger partial charge in [0.15, 0.2) is 6.10 Å². The van der Waals surface area contributed by atoms with Crippen molar-refractivity contribution < 1.29 is 19.4 Å². The van der Waals surface area contributed by atoms with Crippen molar-refractivity contribution in [3.8, 4) is 0 Å². The number of Topliss-reactive ketones (excluding diaryl/α,β-unsaturated/α-hetero) is 1. The molecule has 1 fully saturated rings. The smallest absolute Gasteiger partial charge is 0.346 e. The van der Waals surface area contributed by atoms with Crippen LogP contribution in [0.25, 0.3) is 0 Å². The summed E-state index contributed by atoms with van der Waals surface area (Å²) >= 11 is 0. The van der Waals surface area contributed by atoms with Crippen molar-refractivity contribution in [2.24, 2.45) is 5.73 Å². The van der Waals surface area contributed by atoms with Crippen LogP contribution in [0.4, 0.5) is 0 Å². The third kappa shape index (κ3) is 4.00. The van der Waals surface area contributed by atoms with Gasteiger partial charge in [-0.15, -0.1) is 0 Å². The molecule has 2 atom stereocenters. The van der Waals surface area contributed by atoms with Gasteiger partial charge in [0.2, 0.25) is 5.78 Å². The van der Waals surface area contributed by atoms with Crippen LogP contribution >= 0.6 is 0 Å². The molecule has 2 aromatic rings. The Morgan fingerprint density at radius 3 is 2.19 bits per heavy atom. The highest BCUT2D eigenvalue weighted by atomic mass is 16.6. The van der Waals surface area contributed by atoms with E-state index in [0.717, 1.165) is 11.1 Å². The van der Waals surface area contributed by atoms with E-state index in [1.165, 1.54) is 0 Å². The molecular formula is C21H21NO4. The summed E-state index contributed by atoms with van der Waals surface area (Å²) in [7, 11) is 0. The molecule has 3 rings (SSSR count). The lowest BCUT2D eigenvalue weighted by Gasteiger charge is -2.12. The number of aryl methyl sites for hydroxylation is 1. The summed E-state index contributed by atoms with van der Waals surface area (Å²) in [4.78, 5) is 24.6. The van der Waals surface area contributed by atoms with Gasteiger partial charge in [-0.05, 0) is 30.4 Å². The molecule has 0 radical (unpaired) electrons. The maximum Gasteiger partial charge on any atom is 0.346 e. The highest BCUT2D eigenvalue weighted by molar-refractivity contribution is 6.23. The minimum Gasteiger partial charge on any atom is -0.510 e. The molecule has 0 bridgehead atoms. The fraction of sp³-hybridized carbons (Fsp3) is 0.238. The Kier molecular flexibility index (Phi) is 5.49. The van der Waals surface area contributed by atoms with Crippen molar-refractivity contribution in [2.45, 2.75) is 31.4 Å². The van der Waals surface area contributed by atoms with Crippen molar-refractivity contribution in [3.05, 3.63) is 83.1 Å². The van der Waals surface area contributed by atoms with Gasteiger partial charge in [0.1, 0.15) is 11.3 Å². The molecule has 5 nitrogen and oxygen atoms in total. The molecule has 5 heteroatoms. The second-order valence-corrected chi connectivity index (χ2v) is 6.34. The molecule has 2 unspecified atom stereocenters. The minimum absolute atomic E-state index is 0.313. The Morgan fingerprint density at radius 1 is 1.00 bits per heavy atom. The third-order valence-corrected chi connectivity index (χ3v) is 4.44. The molecule has 0 aliphatic carbocycles. The van der Waals surface area contributed by atoms with E-state index in [1.54, 1.807) is 0 Å². The Morgan fingerprint density at radius 2 is 1.58 bits per heavy atom. The van der Waals surface area contributed by atoms with Crippen LogP contribution in [0.2, 0.25) is 0 Å². The number of rotatable bonds is 6. The number of aliphatic hydroxyl groups is 1. The highest BCUT2D eigenvalue weighted by Gasteiger charge is 2.41. The number of cyclic esters (lactones) is 1. The maximum atomic E-state index is 12.5. The quantitative estimate of drug-likeness (QED) is 0.361. The molecule has 1 saturated heterocycles. The Balaban J connectivity index is 1.69. The van der Waals surface area contributed by atoms with E-state index >= 15 is 0 Å². The highest BCUT2D eigenvalue weighted by Crippen LogP contribution is 2.24. The van der Waals surface area contributed by atoms with Gasteiger partial charge in [0, 0.05) is 0 Å². The van der Waals surface area contributed by atoms with Gasteiger partial charge in [0.25, 0.3) is 0 Å². The summed E-state index contributed by atoms with van der Waals surface area (Å²) in [6.07, 6.45) is 0.433. The van der Waals surface area contributed by atoms with E-state index < -0.39 is 29.7 Å². The molecular weight excluding hydrogens is 330 g/mol. The first-order valence-corrected chi connectivity index (χ1v) is 8.58. The number of carbonyl (C=O) groups is 2. The first-order valence-electron chi connectivity index (χ1n) is 8.58. The van der Waals surface area contributed by atoms with Gasteiger partial charge in [-0.3, -0.25) is 4.79 Å². The molecule has 0 amide bonds. The maximum absolute atomic E-state index is 12.5. The number of hydrogen-bond acceptors (Lipinski definition) is 5. The number of carbonyl (C=O) groups excluding carboxylic acids is 2. The molecule has 3 N–H and O–H groups in total. The molecule has 0 spiro atoms. The van der Waals surface area contributed by atoms with Gasteiger partial charge in [-0.1, -0.05) is 60.7 Å². The number of esters is 1. The lowest BCUT2D eigenvalue weighted by molar-refractivity contribution is -0.141. The molecule has 1 heterocycles. The average Bonchev–Trinajstić information content (AvgIpc) is 2.94. The predicted molar refractivity (Wildman–Crippen MR) is 97.4 cm³/mol. The first-order chi connectivity index (χ1) is 12.6. The van der Waals surface area contributed by atoms with Gasteiger partial charge in [0.05, 0.1) is 6.04 Å². The molecule has 2 aromatic carbocycles. The van der Waals surface area contributed by atoms with Gasteiger partial charge >= 0.3 is 5.97 Å². The monoisotopic (exact) mass is 351 g/mol. The molecule has 0 saturated carbocycles. The number of benzene rings is 2. The second kappa shape index (κ2) is 7.97. The fourth-order valence-electron chi connectivity index (χ4n) is 3.02.